The van der Waals surface area contributed by atoms with Gasteiger partial charge in [-0.3, -0.25) is 4.79 Å². The predicted molar refractivity (Wildman–Crippen MR) is 77.7 cm³/mol. The molecule has 1 aliphatic rings. The number of hydrogen-bond acceptors (Lipinski definition) is 2. The maximum atomic E-state index is 12.2. The average Bonchev–Trinajstić information content (AvgIpc) is 2.26. The highest BCUT2D eigenvalue weighted by molar-refractivity contribution is 5.97. The van der Waals surface area contributed by atoms with Crippen LogP contribution in [0.5, 0.6) is 0 Å². The molecule has 1 amide bonds. The molecule has 4 heteroatoms. The zero-order chi connectivity index (χ0) is 12.5. The van der Waals surface area contributed by atoms with E-state index in [1.54, 1.807) is 0 Å². The van der Waals surface area contributed by atoms with Crippen LogP contribution in [0.1, 0.15) is 43.1 Å². The second kappa shape index (κ2) is 5.61. The molecule has 0 radical (unpaired) electrons. The van der Waals surface area contributed by atoms with Gasteiger partial charge in [-0.2, -0.15) is 0 Å². The van der Waals surface area contributed by atoms with Gasteiger partial charge in [-0.15, -0.1) is 12.4 Å². The van der Waals surface area contributed by atoms with Gasteiger partial charge >= 0.3 is 0 Å². The van der Waals surface area contributed by atoms with Gasteiger partial charge in [-0.25, -0.2) is 0 Å². The van der Waals surface area contributed by atoms with Gasteiger partial charge in [-0.05, 0) is 51.3 Å². The Balaban J connectivity index is 0.00000162. The Morgan fingerprint density at radius 1 is 1.33 bits per heavy atom. The minimum atomic E-state index is -0.193. The molecule has 100 valence electrons. The van der Waals surface area contributed by atoms with Gasteiger partial charge in [0.05, 0.1) is 0 Å². The summed E-state index contributed by atoms with van der Waals surface area (Å²) in [6, 6.07) is 5.89. The van der Waals surface area contributed by atoms with Gasteiger partial charge in [-0.1, -0.05) is 6.07 Å². The topological polar surface area (TPSA) is 41.1 Å². The first-order valence-electron chi connectivity index (χ1n) is 6.16. The van der Waals surface area contributed by atoms with Gasteiger partial charge in [0.2, 0.25) is 0 Å². The smallest absolute Gasteiger partial charge is 0.252 e. The van der Waals surface area contributed by atoms with Crippen molar-refractivity contribution in [2.75, 3.05) is 11.9 Å². The van der Waals surface area contributed by atoms with Crippen molar-refractivity contribution in [1.29, 1.82) is 0 Å². The molecular formula is C14H21ClN2O. The van der Waals surface area contributed by atoms with Crippen molar-refractivity contribution in [2.24, 2.45) is 0 Å². The van der Waals surface area contributed by atoms with Crippen molar-refractivity contribution in [1.82, 2.24) is 5.32 Å². The summed E-state index contributed by atoms with van der Waals surface area (Å²) in [4.78, 5) is 12.2. The molecule has 0 saturated carbocycles. The van der Waals surface area contributed by atoms with E-state index in [0.717, 1.165) is 36.2 Å². The normalized spacial score (nSPS) is 13.9. The Morgan fingerprint density at radius 2 is 2.06 bits per heavy atom. The minimum absolute atomic E-state index is 0. The maximum Gasteiger partial charge on any atom is 0.252 e. The number of carbonyl (C=O) groups is 1. The van der Waals surface area contributed by atoms with Gasteiger partial charge in [0, 0.05) is 23.3 Å². The number of carbonyl (C=O) groups excluding carboxylic acids is 1. The fourth-order valence-corrected chi connectivity index (χ4v) is 2.13. The van der Waals surface area contributed by atoms with Crippen molar-refractivity contribution < 1.29 is 4.79 Å². The first-order chi connectivity index (χ1) is 7.97. The van der Waals surface area contributed by atoms with E-state index in [1.165, 1.54) is 0 Å². The molecule has 1 aliphatic heterocycles. The van der Waals surface area contributed by atoms with Crippen molar-refractivity contribution in [3.05, 3.63) is 29.3 Å². The quantitative estimate of drug-likeness (QED) is 0.822. The number of halogens is 1. The van der Waals surface area contributed by atoms with Crippen LogP contribution < -0.4 is 10.6 Å². The number of hydrogen-bond donors (Lipinski definition) is 2. The Kier molecular flexibility index (Phi) is 4.63. The van der Waals surface area contributed by atoms with Crippen LogP contribution in [-0.2, 0) is 6.42 Å². The van der Waals surface area contributed by atoms with Crippen LogP contribution >= 0.6 is 12.4 Å². The Hall–Kier alpha value is -1.22. The number of benzene rings is 1. The minimum Gasteiger partial charge on any atom is -0.385 e. The molecule has 0 aliphatic carbocycles. The molecule has 1 aromatic rings. The van der Waals surface area contributed by atoms with Crippen LogP contribution in [0.2, 0.25) is 0 Å². The lowest BCUT2D eigenvalue weighted by Crippen LogP contribution is -2.41. The third kappa shape index (κ3) is 3.39. The highest BCUT2D eigenvalue weighted by Crippen LogP contribution is 2.25. The molecule has 0 saturated heterocycles. The summed E-state index contributed by atoms with van der Waals surface area (Å²) in [5.41, 5.74) is 2.88. The lowest BCUT2D eigenvalue weighted by molar-refractivity contribution is 0.0918. The summed E-state index contributed by atoms with van der Waals surface area (Å²) in [6.45, 7) is 6.99. The van der Waals surface area contributed by atoms with E-state index in [4.69, 9.17) is 0 Å². The lowest BCUT2D eigenvalue weighted by Gasteiger charge is -2.24. The van der Waals surface area contributed by atoms with E-state index in [-0.39, 0.29) is 23.9 Å². The van der Waals surface area contributed by atoms with Crippen LogP contribution in [0.25, 0.3) is 0 Å². The van der Waals surface area contributed by atoms with Crippen LogP contribution in [0.4, 0.5) is 5.69 Å². The van der Waals surface area contributed by atoms with Crippen LogP contribution in [0, 0.1) is 0 Å². The van der Waals surface area contributed by atoms with Gasteiger partial charge in [0.25, 0.3) is 5.91 Å². The molecule has 18 heavy (non-hydrogen) atoms. The van der Waals surface area contributed by atoms with Crippen molar-refractivity contribution in [3.8, 4) is 0 Å². The van der Waals surface area contributed by atoms with E-state index < -0.39 is 0 Å². The summed E-state index contributed by atoms with van der Waals surface area (Å²) in [5, 5.41) is 6.36. The Labute approximate surface area is 115 Å². The Morgan fingerprint density at radius 3 is 2.72 bits per heavy atom. The fourth-order valence-electron chi connectivity index (χ4n) is 2.13. The SMILES string of the molecule is CC(C)(C)NC(=O)c1cccc2c1CCCN2.Cl. The van der Waals surface area contributed by atoms with Crippen molar-refractivity contribution >= 4 is 24.0 Å². The Bertz CT molecular complexity index is 438. The number of nitrogens with one attached hydrogen (secondary N) is 2. The molecule has 0 spiro atoms. The highest BCUT2D eigenvalue weighted by Gasteiger charge is 2.20. The molecule has 0 atom stereocenters. The summed E-state index contributed by atoms with van der Waals surface area (Å²) < 4.78 is 0. The first kappa shape index (κ1) is 14.8. The molecule has 0 unspecified atom stereocenters. The summed E-state index contributed by atoms with van der Waals surface area (Å²) in [6.07, 6.45) is 2.07. The fraction of sp³-hybridized carbons (Fsp3) is 0.500. The average molecular weight is 269 g/mol. The van der Waals surface area contributed by atoms with Gasteiger partial charge < -0.3 is 10.6 Å². The van der Waals surface area contributed by atoms with E-state index >= 15 is 0 Å². The van der Waals surface area contributed by atoms with E-state index in [1.807, 2.05) is 39.0 Å². The van der Waals surface area contributed by atoms with Crippen molar-refractivity contribution in [2.45, 2.75) is 39.2 Å². The standard InChI is InChI=1S/C14H20N2O.ClH/c1-14(2,3)16-13(17)11-6-4-8-12-10(11)7-5-9-15-12;/h4,6,8,15H,5,7,9H2,1-3H3,(H,16,17);1H. The molecule has 0 fully saturated rings. The number of rotatable bonds is 1. The second-order valence-electron chi connectivity index (χ2n) is 5.57. The van der Waals surface area contributed by atoms with Crippen LogP contribution in [0.3, 0.4) is 0 Å². The van der Waals surface area contributed by atoms with Crippen LogP contribution in [0.15, 0.2) is 18.2 Å². The molecule has 2 rings (SSSR count). The van der Waals surface area contributed by atoms with Crippen molar-refractivity contribution in [3.63, 3.8) is 0 Å². The number of fused-ring (bicyclic) bond motifs is 1. The van der Waals surface area contributed by atoms with E-state index in [2.05, 4.69) is 10.6 Å². The number of anilines is 1. The monoisotopic (exact) mass is 268 g/mol. The predicted octanol–water partition coefficient (Wildman–Crippen LogP) is 2.99. The molecular weight excluding hydrogens is 248 g/mol. The molecule has 1 aromatic carbocycles. The molecule has 2 N–H and O–H groups in total. The zero-order valence-electron chi connectivity index (χ0n) is 11.2. The maximum absolute atomic E-state index is 12.2. The molecule has 0 aromatic heterocycles. The lowest BCUT2D eigenvalue weighted by atomic mass is 9.96. The third-order valence-corrected chi connectivity index (χ3v) is 2.83. The zero-order valence-corrected chi connectivity index (χ0v) is 12.0. The van der Waals surface area contributed by atoms with E-state index in [0.29, 0.717) is 0 Å². The van der Waals surface area contributed by atoms with Gasteiger partial charge in [0.1, 0.15) is 0 Å². The molecule has 0 bridgehead atoms. The summed E-state index contributed by atoms with van der Waals surface area (Å²) in [5.74, 6) is 0.0260. The molecule has 3 nitrogen and oxygen atoms in total. The largest absolute Gasteiger partial charge is 0.385 e. The van der Waals surface area contributed by atoms with Crippen LogP contribution in [-0.4, -0.2) is 18.0 Å². The van der Waals surface area contributed by atoms with E-state index in [9.17, 15) is 4.79 Å². The second-order valence-corrected chi connectivity index (χ2v) is 5.57. The third-order valence-electron chi connectivity index (χ3n) is 2.83. The summed E-state index contributed by atoms with van der Waals surface area (Å²) in [7, 11) is 0. The number of amides is 1. The molecule has 1 heterocycles. The van der Waals surface area contributed by atoms with Gasteiger partial charge in [0.15, 0.2) is 0 Å². The summed E-state index contributed by atoms with van der Waals surface area (Å²) >= 11 is 0. The highest BCUT2D eigenvalue weighted by atomic mass is 35.5. The first-order valence-corrected chi connectivity index (χ1v) is 6.16.